The maximum atomic E-state index is 6.40. The molecule has 0 spiro atoms. The van der Waals surface area contributed by atoms with E-state index in [0.717, 1.165) is 27.8 Å². The van der Waals surface area contributed by atoms with E-state index in [1.165, 1.54) is 0 Å². The van der Waals surface area contributed by atoms with Gasteiger partial charge < -0.3 is 37.9 Å². The predicted molar refractivity (Wildman–Crippen MR) is 206 cm³/mol. The molecule has 0 aromatic heterocycles. The highest BCUT2D eigenvalue weighted by atomic mass is 16.5. The Morgan fingerprint density at radius 2 is 0.811 bits per heavy atom. The molecule has 0 atom stereocenters. The Kier molecular flexibility index (Phi) is 17.8. The van der Waals surface area contributed by atoms with Crippen LogP contribution in [-0.4, -0.2) is 79.3 Å². The van der Waals surface area contributed by atoms with Crippen molar-refractivity contribution >= 4 is 0 Å². The smallest absolute Gasteiger partial charge is 0.127 e. The van der Waals surface area contributed by atoms with Crippen LogP contribution in [0.2, 0.25) is 0 Å². The predicted octanol–water partition coefficient (Wildman–Crippen LogP) is 6.65. The summed E-state index contributed by atoms with van der Waals surface area (Å²) in [4.78, 5) is 0. The third-order valence-electron chi connectivity index (χ3n) is 7.65. The van der Waals surface area contributed by atoms with Crippen LogP contribution in [0.3, 0.4) is 0 Å². The van der Waals surface area contributed by atoms with Crippen molar-refractivity contribution in [3.63, 3.8) is 0 Å². The first-order chi connectivity index (χ1) is 26.2. The maximum absolute atomic E-state index is 6.40. The average molecular weight is 713 g/mol. The normalized spacial score (nSPS) is 10.4. The SMILES string of the molecule is C#CCOCCOc1ccc(C(c2ccc(-c3ccccc3)cc2)c2ccc(OCCOCC#C)cc2OCCOCC#C)c(OCCOCC#C)c1. The van der Waals surface area contributed by atoms with Crippen molar-refractivity contribution in [2.24, 2.45) is 0 Å². The van der Waals surface area contributed by atoms with Crippen LogP contribution in [0.4, 0.5) is 0 Å². The number of rotatable bonds is 24. The lowest BCUT2D eigenvalue weighted by Crippen LogP contribution is -2.14. The van der Waals surface area contributed by atoms with E-state index < -0.39 is 0 Å². The maximum Gasteiger partial charge on any atom is 0.127 e. The van der Waals surface area contributed by atoms with Gasteiger partial charge in [-0.15, -0.1) is 25.7 Å². The monoisotopic (exact) mass is 712 g/mol. The molecule has 4 aromatic rings. The van der Waals surface area contributed by atoms with Crippen LogP contribution in [0, 0.1) is 49.4 Å². The quantitative estimate of drug-likeness (QED) is 0.0455. The fourth-order valence-electron chi connectivity index (χ4n) is 5.34. The third-order valence-corrected chi connectivity index (χ3v) is 7.65. The number of benzene rings is 4. The third kappa shape index (κ3) is 13.3. The van der Waals surface area contributed by atoms with Gasteiger partial charge >= 0.3 is 0 Å². The molecule has 272 valence electrons. The zero-order chi connectivity index (χ0) is 37.4. The van der Waals surface area contributed by atoms with Gasteiger partial charge in [0, 0.05) is 29.2 Å². The summed E-state index contributed by atoms with van der Waals surface area (Å²) < 4.78 is 46.6. The van der Waals surface area contributed by atoms with E-state index in [0.29, 0.717) is 62.6 Å². The number of hydrogen-bond donors (Lipinski definition) is 0. The number of ether oxygens (including phenoxy) is 8. The lowest BCUT2D eigenvalue weighted by molar-refractivity contribution is 0.120. The number of hydrogen-bond acceptors (Lipinski definition) is 8. The average Bonchev–Trinajstić information content (AvgIpc) is 3.19. The van der Waals surface area contributed by atoms with E-state index in [4.69, 9.17) is 63.6 Å². The Balaban J connectivity index is 1.78. The van der Waals surface area contributed by atoms with Crippen molar-refractivity contribution in [3.05, 3.63) is 108 Å². The van der Waals surface area contributed by atoms with Crippen molar-refractivity contribution in [1.29, 1.82) is 0 Å². The Labute approximate surface area is 313 Å². The van der Waals surface area contributed by atoms with E-state index in [-0.39, 0.29) is 45.6 Å². The summed E-state index contributed by atoms with van der Waals surface area (Å²) in [5.41, 5.74) is 4.94. The van der Waals surface area contributed by atoms with Crippen LogP contribution in [-0.2, 0) is 18.9 Å². The minimum Gasteiger partial charge on any atom is -0.491 e. The topological polar surface area (TPSA) is 73.8 Å². The van der Waals surface area contributed by atoms with Gasteiger partial charge in [0.05, 0.1) is 26.4 Å². The summed E-state index contributed by atoms with van der Waals surface area (Å²) in [7, 11) is 0. The Morgan fingerprint density at radius 3 is 1.23 bits per heavy atom. The van der Waals surface area contributed by atoms with Gasteiger partial charge in [-0.3, -0.25) is 0 Å². The molecule has 0 unspecified atom stereocenters. The summed E-state index contributed by atoms with van der Waals surface area (Å²) in [6.45, 7) is 3.21. The summed E-state index contributed by atoms with van der Waals surface area (Å²) in [6.07, 6.45) is 21.4. The minimum atomic E-state index is -0.357. The molecule has 0 aliphatic rings. The van der Waals surface area contributed by atoms with Crippen LogP contribution in [0.15, 0.2) is 91.0 Å². The second-order valence-electron chi connectivity index (χ2n) is 11.2. The standard InChI is InChI=1S/C45H44O8/c1-5-22-46-26-30-50-39-18-20-41(43(34-39)52-32-28-48-24-7-3)45(38-16-14-37(15-17-38)36-12-10-9-11-13-36)42-21-19-40(51-31-27-47-23-6-2)35-44(42)53-33-29-49-25-8-4/h1-4,9-21,34-35,45H,22-33H2. The molecular formula is C45H44O8. The van der Waals surface area contributed by atoms with Gasteiger partial charge in [-0.2, -0.15) is 0 Å². The van der Waals surface area contributed by atoms with Crippen LogP contribution in [0.1, 0.15) is 22.6 Å². The van der Waals surface area contributed by atoms with E-state index in [9.17, 15) is 0 Å². The lowest BCUT2D eigenvalue weighted by Gasteiger charge is -2.25. The fourth-order valence-corrected chi connectivity index (χ4v) is 5.34. The van der Waals surface area contributed by atoms with Crippen molar-refractivity contribution in [3.8, 4) is 83.5 Å². The van der Waals surface area contributed by atoms with Gasteiger partial charge in [0.25, 0.3) is 0 Å². The molecule has 0 bridgehead atoms. The second kappa shape index (κ2) is 23.6. The Bertz CT molecular complexity index is 1750. The van der Waals surface area contributed by atoms with Gasteiger partial charge in [-0.1, -0.05) is 90.4 Å². The van der Waals surface area contributed by atoms with E-state index in [1.807, 2.05) is 54.6 Å². The molecule has 0 saturated carbocycles. The van der Waals surface area contributed by atoms with E-state index >= 15 is 0 Å². The summed E-state index contributed by atoms with van der Waals surface area (Å²) in [5.74, 6) is 11.9. The molecule has 0 radical (unpaired) electrons. The van der Waals surface area contributed by atoms with E-state index in [1.54, 1.807) is 0 Å². The highest BCUT2D eigenvalue weighted by Gasteiger charge is 2.26. The molecule has 0 heterocycles. The molecule has 8 heteroatoms. The minimum absolute atomic E-state index is 0.184. The molecule has 0 aliphatic carbocycles. The van der Waals surface area contributed by atoms with Gasteiger partial charge in [0.1, 0.15) is 75.9 Å². The van der Waals surface area contributed by atoms with Crippen molar-refractivity contribution in [2.75, 3.05) is 79.3 Å². The molecule has 0 aliphatic heterocycles. The first kappa shape index (κ1) is 39.9. The Morgan fingerprint density at radius 1 is 0.415 bits per heavy atom. The fraction of sp³-hybridized carbons (Fsp3) is 0.289. The van der Waals surface area contributed by atoms with Crippen molar-refractivity contribution < 1.29 is 37.9 Å². The van der Waals surface area contributed by atoms with Gasteiger partial charge in [0.15, 0.2) is 0 Å². The largest absolute Gasteiger partial charge is 0.491 e. The highest BCUT2D eigenvalue weighted by Crippen LogP contribution is 2.44. The molecule has 0 fully saturated rings. The molecule has 0 amide bonds. The summed E-state index contributed by atoms with van der Waals surface area (Å²) in [5, 5.41) is 0. The van der Waals surface area contributed by atoms with Crippen LogP contribution in [0.25, 0.3) is 11.1 Å². The highest BCUT2D eigenvalue weighted by molar-refractivity contribution is 5.65. The van der Waals surface area contributed by atoms with Crippen LogP contribution in [0.5, 0.6) is 23.0 Å². The molecule has 4 aromatic carbocycles. The molecule has 53 heavy (non-hydrogen) atoms. The zero-order valence-corrected chi connectivity index (χ0v) is 29.8. The van der Waals surface area contributed by atoms with Gasteiger partial charge in [0.2, 0.25) is 0 Å². The first-order valence-electron chi connectivity index (χ1n) is 17.2. The lowest BCUT2D eigenvalue weighted by atomic mass is 9.83. The van der Waals surface area contributed by atoms with E-state index in [2.05, 4.69) is 60.1 Å². The molecule has 8 nitrogen and oxygen atoms in total. The van der Waals surface area contributed by atoms with Crippen molar-refractivity contribution in [2.45, 2.75) is 5.92 Å². The number of terminal acetylenes is 4. The summed E-state index contributed by atoms with van der Waals surface area (Å²) in [6, 6.07) is 30.2. The summed E-state index contributed by atoms with van der Waals surface area (Å²) >= 11 is 0. The zero-order valence-electron chi connectivity index (χ0n) is 29.8. The Hall–Kier alpha value is -5.84. The van der Waals surface area contributed by atoms with Gasteiger partial charge in [-0.05, 0) is 28.8 Å². The van der Waals surface area contributed by atoms with Crippen LogP contribution >= 0.6 is 0 Å². The first-order valence-corrected chi connectivity index (χ1v) is 17.2. The molecule has 4 rings (SSSR count). The van der Waals surface area contributed by atoms with Crippen LogP contribution < -0.4 is 18.9 Å². The molecule has 0 N–H and O–H groups in total. The van der Waals surface area contributed by atoms with Gasteiger partial charge in [-0.25, -0.2) is 0 Å². The second-order valence-corrected chi connectivity index (χ2v) is 11.2. The molecular weight excluding hydrogens is 668 g/mol. The van der Waals surface area contributed by atoms with Crippen molar-refractivity contribution in [1.82, 2.24) is 0 Å². The molecule has 0 saturated heterocycles.